The molecule has 0 spiro atoms. The fraction of sp³-hybridized carbons (Fsp3) is 0.278. The molecule has 2 rings (SSSR count). The van der Waals surface area contributed by atoms with Gasteiger partial charge in [0.05, 0.1) is 0 Å². The molecule has 2 aromatic rings. The molecule has 129 valence electrons. The molecule has 2 aromatic carbocycles. The minimum absolute atomic E-state index is 0.0931. The molecule has 0 atom stereocenters. The lowest BCUT2D eigenvalue weighted by Gasteiger charge is -2.18. The second-order valence-corrected chi connectivity index (χ2v) is 6.96. The first-order valence-electron chi connectivity index (χ1n) is 8.08. The van der Waals surface area contributed by atoms with Gasteiger partial charge >= 0.3 is 13.2 Å². The predicted molar refractivity (Wildman–Crippen MR) is 102 cm³/mol. The summed E-state index contributed by atoms with van der Waals surface area (Å²) in [4.78, 5) is 12.0. The minimum Gasteiger partial charge on any atom is -0.444 e. The summed E-state index contributed by atoms with van der Waals surface area (Å²) in [6.07, 6.45) is -0.602. The number of benzene rings is 2. The second-order valence-electron chi connectivity index (χ2n) is 6.96. The average molecular weight is 338 g/mol. The molecule has 5 nitrogen and oxygen atoms in total. The van der Waals surface area contributed by atoms with Gasteiger partial charge in [-0.05, 0) is 23.2 Å². The molecule has 0 bridgehead atoms. The van der Waals surface area contributed by atoms with Crippen molar-refractivity contribution < 1.29 is 19.6 Å². The van der Waals surface area contributed by atoms with Gasteiger partial charge in [-0.1, -0.05) is 67.9 Å². The van der Waals surface area contributed by atoms with E-state index in [9.17, 15) is 14.8 Å². The summed E-state index contributed by atoms with van der Waals surface area (Å²) in [5.41, 5.74) is 2.42. The topological polar surface area (TPSA) is 78.8 Å². The predicted octanol–water partition coefficient (Wildman–Crippen LogP) is 1.66. The number of hydrogen-bond donors (Lipinski definition) is 3. The Morgan fingerprint density at radius 2 is 1.84 bits per heavy atom. The monoisotopic (exact) mass is 338 g/mol. The van der Waals surface area contributed by atoms with Crippen molar-refractivity contribution in [3.63, 3.8) is 0 Å². The first-order chi connectivity index (χ1) is 11.7. The summed E-state index contributed by atoms with van der Waals surface area (Å²) < 4.78 is 5.19. The number of anilines is 1. The van der Waals surface area contributed by atoms with E-state index in [4.69, 9.17) is 4.74 Å². The minimum atomic E-state index is -1.62. The van der Waals surface area contributed by atoms with Crippen molar-refractivity contribution in [2.75, 3.05) is 5.32 Å². The van der Waals surface area contributed by atoms with Gasteiger partial charge in [0.25, 0.3) is 0 Å². The zero-order chi connectivity index (χ0) is 18.4. The molecule has 0 unspecified atom stereocenters. The summed E-state index contributed by atoms with van der Waals surface area (Å²) in [6, 6.07) is 14.3. The van der Waals surface area contributed by atoms with Crippen LogP contribution in [0.5, 0.6) is 0 Å². The maximum atomic E-state index is 12.0. The van der Waals surface area contributed by atoms with Gasteiger partial charge < -0.3 is 14.8 Å². The lowest BCUT2D eigenvalue weighted by atomic mass is 9.51. The highest BCUT2D eigenvalue weighted by atomic mass is 16.5. The van der Waals surface area contributed by atoms with Crippen LogP contribution < -0.4 is 16.2 Å². The molecule has 0 aliphatic heterocycles. The Kier molecular flexibility index (Phi) is 6.28. The number of carbonyl (C=O) groups excluding carboxylic acids is 1. The normalized spacial score (nSPS) is 10.9. The van der Waals surface area contributed by atoms with E-state index in [1.54, 1.807) is 12.1 Å². The fourth-order valence-corrected chi connectivity index (χ4v) is 2.36. The number of nitrogens with one attached hydrogen (secondary N) is 1. The van der Waals surface area contributed by atoms with Gasteiger partial charge in [-0.2, -0.15) is 0 Å². The van der Waals surface area contributed by atoms with Crippen molar-refractivity contribution in [3.8, 4) is 0 Å². The molecule has 0 saturated heterocycles. The van der Waals surface area contributed by atoms with E-state index < -0.39 is 13.2 Å². The zero-order valence-corrected chi connectivity index (χ0v) is 14.7. The van der Waals surface area contributed by atoms with Gasteiger partial charge in [-0.25, -0.2) is 4.79 Å². The van der Waals surface area contributed by atoms with Crippen LogP contribution in [0.15, 0.2) is 48.5 Å². The third-order valence-corrected chi connectivity index (χ3v) is 3.33. The van der Waals surface area contributed by atoms with Gasteiger partial charge in [-0.3, -0.25) is 5.32 Å². The first-order valence-corrected chi connectivity index (χ1v) is 8.08. The standard InChI is InChI=1S/C18H22B2NO4/c1-18(2,3)19-14-9-15(20(23)24)11-16(10-14)21-17(22)25-12-13-7-5-4-6-8-13/h4-11,23-24H,12H2,1-3H3,(H,21,22). The molecule has 0 aliphatic carbocycles. The van der Waals surface area contributed by atoms with Crippen LogP contribution in [0, 0.1) is 0 Å². The Balaban J connectivity index is 2.07. The lowest BCUT2D eigenvalue weighted by molar-refractivity contribution is 0.155. The Hall–Kier alpha value is -2.24. The van der Waals surface area contributed by atoms with Gasteiger partial charge in [0.2, 0.25) is 0 Å². The first kappa shape index (κ1) is 19.1. The Bertz CT molecular complexity index is 715. The third-order valence-electron chi connectivity index (χ3n) is 3.33. The highest BCUT2D eigenvalue weighted by Gasteiger charge is 2.18. The molecular formula is C18H22B2NO4. The van der Waals surface area contributed by atoms with Gasteiger partial charge in [0, 0.05) is 5.69 Å². The van der Waals surface area contributed by atoms with E-state index in [0.717, 1.165) is 11.0 Å². The maximum absolute atomic E-state index is 12.0. The molecule has 7 heteroatoms. The third kappa shape index (κ3) is 6.64. The molecule has 25 heavy (non-hydrogen) atoms. The maximum Gasteiger partial charge on any atom is 0.488 e. The van der Waals surface area contributed by atoms with Crippen LogP contribution in [-0.2, 0) is 11.3 Å². The van der Waals surface area contributed by atoms with Crippen molar-refractivity contribution in [2.45, 2.75) is 32.7 Å². The lowest BCUT2D eigenvalue weighted by Crippen LogP contribution is -2.35. The smallest absolute Gasteiger partial charge is 0.444 e. The Labute approximate surface area is 149 Å². The van der Waals surface area contributed by atoms with Crippen LogP contribution >= 0.6 is 0 Å². The van der Waals surface area contributed by atoms with Crippen LogP contribution in [0.4, 0.5) is 10.5 Å². The number of ether oxygens (including phenoxy) is 1. The van der Waals surface area contributed by atoms with E-state index in [1.807, 2.05) is 58.4 Å². The molecule has 0 saturated carbocycles. The van der Waals surface area contributed by atoms with Gasteiger partial charge in [0.1, 0.15) is 6.61 Å². The van der Waals surface area contributed by atoms with E-state index in [1.165, 1.54) is 6.07 Å². The number of carbonyl (C=O) groups is 1. The summed E-state index contributed by atoms with van der Waals surface area (Å²) >= 11 is 0. The second kappa shape index (κ2) is 8.23. The highest BCUT2D eigenvalue weighted by Crippen LogP contribution is 2.20. The van der Waals surface area contributed by atoms with Crippen molar-refractivity contribution >= 4 is 37.1 Å². The number of rotatable bonds is 5. The number of hydrogen-bond acceptors (Lipinski definition) is 4. The van der Waals surface area contributed by atoms with Crippen molar-refractivity contribution in [1.82, 2.24) is 0 Å². The van der Waals surface area contributed by atoms with E-state index in [2.05, 4.69) is 5.32 Å². The average Bonchev–Trinajstić information content (AvgIpc) is 2.52. The highest BCUT2D eigenvalue weighted by molar-refractivity contribution is 6.62. The van der Waals surface area contributed by atoms with Gasteiger partial charge in [-0.15, -0.1) is 0 Å². The van der Waals surface area contributed by atoms with E-state index >= 15 is 0 Å². The van der Waals surface area contributed by atoms with Crippen LogP contribution in [0.25, 0.3) is 0 Å². The molecule has 3 N–H and O–H groups in total. The summed E-state index contributed by atoms with van der Waals surface area (Å²) in [5.74, 6) is 0. The Morgan fingerprint density at radius 1 is 1.16 bits per heavy atom. The largest absolute Gasteiger partial charge is 0.488 e. The molecule has 0 fully saturated rings. The van der Waals surface area contributed by atoms with Crippen LogP contribution in [0.3, 0.4) is 0 Å². The van der Waals surface area contributed by atoms with Crippen LogP contribution in [0.1, 0.15) is 26.3 Å². The molecule has 0 heterocycles. The quantitative estimate of drug-likeness (QED) is 0.725. The molecule has 1 amide bonds. The van der Waals surface area contributed by atoms with Crippen LogP contribution in [-0.4, -0.2) is 30.5 Å². The Morgan fingerprint density at radius 3 is 2.44 bits per heavy atom. The fourth-order valence-electron chi connectivity index (χ4n) is 2.36. The van der Waals surface area contributed by atoms with Crippen molar-refractivity contribution in [2.24, 2.45) is 0 Å². The SMILES string of the molecule is CC(C)(C)[B]c1cc(NC(=O)OCc2ccccc2)cc(B(O)O)c1. The molecule has 0 aliphatic rings. The van der Waals surface area contributed by atoms with Crippen LogP contribution in [0.2, 0.25) is 5.31 Å². The number of amides is 1. The zero-order valence-electron chi connectivity index (χ0n) is 14.7. The van der Waals surface area contributed by atoms with Gasteiger partial charge in [0.15, 0.2) is 7.28 Å². The summed E-state index contributed by atoms with van der Waals surface area (Å²) in [7, 11) is 0.369. The van der Waals surface area contributed by atoms with E-state index in [-0.39, 0.29) is 11.9 Å². The van der Waals surface area contributed by atoms with Crippen molar-refractivity contribution in [3.05, 3.63) is 54.1 Å². The molecular weight excluding hydrogens is 316 g/mol. The van der Waals surface area contributed by atoms with Crippen molar-refractivity contribution in [1.29, 1.82) is 0 Å². The summed E-state index contributed by atoms with van der Waals surface area (Å²) in [6.45, 7) is 6.28. The molecule has 0 aromatic heterocycles. The summed E-state index contributed by atoms with van der Waals surface area (Å²) in [5, 5.41) is 21.4. The molecule has 1 radical (unpaired) electrons. The van der Waals surface area contributed by atoms with E-state index in [0.29, 0.717) is 11.2 Å².